The van der Waals surface area contributed by atoms with E-state index in [0.29, 0.717) is 20.5 Å². The van der Waals surface area contributed by atoms with Crippen LogP contribution in [0, 0.1) is 5.82 Å². The zero-order valence-corrected chi connectivity index (χ0v) is 16.6. The van der Waals surface area contributed by atoms with Crippen molar-refractivity contribution in [1.82, 2.24) is 9.66 Å². The molecule has 0 amide bonds. The van der Waals surface area contributed by atoms with E-state index in [4.69, 9.17) is 23.2 Å². The van der Waals surface area contributed by atoms with Crippen LogP contribution in [0.1, 0.15) is 5.69 Å². The Hall–Kier alpha value is -2.67. The highest BCUT2D eigenvalue weighted by atomic mass is 35.5. The predicted molar refractivity (Wildman–Crippen MR) is 113 cm³/mol. The lowest BCUT2D eigenvalue weighted by Crippen LogP contribution is -2.11. The van der Waals surface area contributed by atoms with Gasteiger partial charge in [0.15, 0.2) is 0 Å². The number of hydrogen-bond donors (Lipinski definition) is 1. The molecule has 0 aliphatic carbocycles. The van der Waals surface area contributed by atoms with Crippen molar-refractivity contribution in [2.24, 2.45) is 10.1 Å². The van der Waals surface area contributed by atoms with Gasteiger partial charge in [-0.05, 0) is 54.6 Å². The second kappa shape index (κ2) is 8.14. The molecule has 0 atom stereocenters. The zero-order valence-electron chi connectivity index (χ0n) is 14.3. The molecule has 28 heavy (non-hydrogen) atoms. The summed E-state index contributed by atoms with van der Waals surface area (Å²) in [5.74, 6) is -0.311. The lowest BCUT2D eigenvalue weighted by atomic mass is 10.2. The summed E-state index contributed by atoms with van der Waals surface area (Å²) in [5, 5.41) is 7.61. The monoisotopic (exact) mass is 430 g/mol. The van der Waals surface area contributed by atoms with Crippen LogP contribution < -0.4 is 4.80 Å². The molecule has 0 aliphatic rings. The van der Waals surface area contributed by atoms with Gasteiger partial charge in [0.2, 0.25) is 4.80 Å². The van der Waals surface area contributed by atoms with Crippen molar-refractivity contribution in [1.29, 1.82) is 0 Å². The van der Waals surface area contributed by atoms with Crippen molar-refractivity contribution < 1.29 is 4.39 Å². The van der Waals surface area contributed by atoms with Crippen LogP contribution in [-0.4, -0.2) is 15.9 Å². The van der Waals surface area contributed by atoms with Gasteiger partial charge in [-0.3, -0.25) is 0 Å². The number of nitrogens with one attached hydrogen (secondary N) is 1. The number of hydrogen-bond acceptors (Lipinski definition) is 3. The molecular weight excluding hydrogens is 418 g/mol. The molecule has 0 saturated carbocycles. The van der Waals surface area contributed by atoms with Crippen molar-refractivity contribution in [3.63, 3.8) is 0 Å². The lowest BCUT2D eigenvalue weighted by molar-refractivity contribution is 0.628. The summed E-state index contributed by atoms with van der Waals surface area (Å²) in [5.41, 5.74) is 2.96. The Bertz CT molecular complexity index is 1190. The molecule has 2 aromatic heterocycles. The van der Waals surface area contributed by atoms with Gasteiger partial charge in [0, 0.05) is 22.2 Å². The number of aromatic nitrogens is 2. The SMILES string of the molecule is Fc1ccc(N=c2scc(-c3cc(Cl)ccc3Cl)n2N=Cc2ccc[nH]2)cc1. The molecule has 4 nitrogen and oxygen atoms in total. The molecule has 0 unspecified atom stereocenters. The van der Waals surface area contributed by atoms with Crippen LogP contribution in [0.5, 0.6) is 0 Å². The van der Waals surface area contributed by atoms with Crippen molar-refractivity contribution in [3.05, 3.63) is 92.5 Å². The summed E-state index contributed by atoms with van der Waals surface area (Å²) in [6.45, 7) is 0. The first-order valence-electron chi connectivity index (χ1n) is 8.24. The Morgan fingerprint density at radius 1 is 1.07 bits per heavy atom. The molecule has 2 heterocycles. The van der Waals surface area contributed by atoms with Gasteiger partial charge in [0.05, 0.1) is 28.3 Å². The van der Waals surface area contributed by atoms with Gasteiger partial charge < -0.3 is 4.98 Å². The van der Waals surface area contributed by atoms with Crippen LogP contribution in [0.4, 0.5) is 10.1 Å². The Balaban J connectivity index is 1.88. The largest absolute Gasteiger partial charge is 0.360 e. The van der Waals surface area contributed by atoms with E-state index in [1.807, 2.05) is 23.7 Å². The van der Waals surface area contributed by atoms with E-state index in [9.17, 15) is 4.39 Å². The zero-order chi connectivity index (χ0) is 19.5. The third-order valence-corrected chi connectivity index (χ3v) is 5.26. The molecule has 8 heteroatoms. The summed E-state index contributed by atoms with van der Waals surface area (Å²) in [4.78, 5) is 8.28. The topological polar surface area (TPSA) is 45.4 Å². The van der Waals surface area contributed by atoms with Gasteiger partial charge in [-0.1, -0.05) is 23.2 Å². The minimum atomic E-state index is -0.311. The third-order valence-electron chi connectivity index (χ3n) is 3.88. The van der Waals surface area contributed by atoms with Crippen LogP contribution in [0.25, 0.3) is 11.3 Å². The van der Waals surface area contributed by atoms with Gasteiger partial charge in [0.1, 0.15) is 5.82 Å². The predicted octanol–water partition coefficient (Wildman–Crippen LogP) is 6.11. The van der Waals surface area contributed by atoms with Crippen molar-refractivity contribution in [2.45, 2.75) is 0 Å². The number of benzene rings is 2. The summed E-state index contributed by atoms with van der Waals surface area (Å²) in [6.07, 6.45) is 3.51. The maximum atomic E-state index is 13.2. The van der Waals surface area contributed by atoms with Gasteiger partial charge >= 0.3 is 0 Å². The standard InChI is InChI=1S/C20H13Cl2FN4S/c21-13-3-8-18(22)17(10-13)19-12-28-20(26-15-6-4-14(23)5-7-15)27(19)25-11-16-2-1-9-24-16/h1-12,24H. The van der Waals surface area contributed by atoms with Gasteiger partial charge in [-0.15, -0.1) is 11.3 Å². The molecule has 140 valence electrons. The lowest BCUT2D eigenvalue weighted by Gasteiger charge is -2.06. The normalized spacial score (nSPS) is 12.2. The maximum Gasteiger partial charge on any atom is 0.211 e. The number of halogens is 3. The van der Waals surface area contributed by atoms with Crippen molar-refractivity contribution >= 4 is 46.4 Å². The molecule has 0 saturated heterocycles. The first-order chi connectivity index (χ1) is 13.6. The number of nitrogens with zero attached hydrogens (tertiary/aromatic N) is 3. The van der Waals surface area contributed by atoms with Crippen LogP contribution in [-0.2, 0) is 0 Å². The van der Waals surface area contributed by atoms with Gasteiger partial charge in [-0.2, -0.15) is 5.10 Å². The molecule has 2 aromatic carbocycles. The fourth-order valence-electron chi connectivity index (χ4n) is 2.54. The molecule has 0 fully saturated rings. The smallest absolute Gasteiger partial charge is 0.211 e. The third kappa shape index (κ3) is 4.09. The van der Waals surface area contributed by atoms with Crippen molar-refractivity contribution in [2.75, 3.05) is 0 Å². The molecule has 0 bridgehead atoms. The fourth-order valence-corrected chi connectivity index (χ4v) is 3.77. The minimum Gasteiger partial charge on any atom is -0.360 e. The fraction of sp³-hybridized carbons (Fsp3) is 0. The van der Waals surface area contributed by atoms with Crippen LogP contribution in [0.3, 0.4) is 0 Å². The van der Waals surface area contributed by atoms with Crippen molar-refractivity contribution in [3.8, 4) is 11.3 Å². The van der Waals surface area contributed by atoms with E-state index in [1.165, 1.54) is 23.5 Å². The number of rotatable bonds is 4. The average molecular weight is 431 g/mol. The Morgan fingerprint density at radius 2 is 1.89 bits per heavy atom. The van der Waals surface area contributed by atoms with E-state index < -0.39 is 0 Å². The number of aromatic amines is 1. The molecular formula is C20H13Cl2FN4S. The summed E-state index contributed by atoms with van der Waals surface area (Å²) >= 11 is 14.0. The minimum absolute atomic E-state index is 0.311. The Labute approximate surface area is 174 Å². The highest BCUT2D eigenvalue weighted by Crippen LogP contribution is 2.31. The molecule has 4 aromatic rings. The maximum absolute atomic E-state index is 13.2. The summed E-state index contributed by atoms with van der Waals surface area (Å²) in [6, 6.07) is 15.0. The second-order valence-electron chi connectivity index (χ2n) is 5.80. The molecule has 0 radical (unpaired) electrons. The van der Waals surface area contributed by atoms with E-state index in [0.717, 1.165) is 17.0 Å². The van der Waals surface area contributed by atoms with E-state index in [-0.39, 0.29) is 5.82 Å². The highest BCUT2D eigenvalue weighted by Gasteiger charge is 2.12. The van der Waals surface area contributed by atoms with E-state index in [2.05, 4.69) is 15.1 Å². The summed E-state index contributed by atoms with van der Waals surface area (Å²) in [7, 11) is 0. The molecule has 0 spiro atoms. The molecule has 0 aliphatic heterocycles. The van der Waals surface area contributed by atoms with E-state index in [1.54, 1.807) is 41.2 Å². The first-order valence-corrected chi connectivity index (χ1v) is 9.88. The first kappa shape index (κ1) is 18.7. The van der Waals surface area contributed by atoms with Gasteiger partial charge in [-0.25, -0.2) is 14.1 Å². The van der Waals surface area contributed by atoms with E-state index >= 15 is 0 Å². The summed E-state index contributed by atoms with van der Waals surface area (Å²) < 4.78 is 14.9. The average Bonchev–Trinajstić information content (AvgIpc) is 3.34. The Morgan fingerprint density at radius 3 is 2.64 bits per heavy atom. The van der Waals surface area contributed by atoms with Crippen LogP contribution in [0.15, 0.2) is 76.3 Å². The number of H-pyrrole nitrogens is 1. The second-order valence-corrected chi connectivity index (χ2v) is 7.48. The van der Waals surface area contributed by atoms with Crippen LogP contribution in [0.2, 0.25) is 10.0 Å². The highest BCUT2D eigenvalue weighted by molar-refractivity contribution is 7.07. The Kier molecular flexibility index (Phi) is 5.43. The van der Waals surface area contributed by atoms with Crippen LogP contribution >= 0.6 is 34.5 Å². The molecule has 1 N–H and O–H groups in total. The number of thiazole rings is 1. The van der Waals surface area contributed by atoms with Gasteiger partial charge in [0.25, 0.3) is 0 Å². The molecule has 4 rings (SSSR count). The quantitative estimate of drug-likeness (QED) is 0.380.